The molecule has 2 fully saturated rings. The summed E-state index contributed by atoms with van der Waals surface area (Å²) in [5.74, 6) is 1.19. The van der Waals surface area contributed by atoms with E-state index >= 15 is 0 Å². The number of H-pyrrole nitrogens is 1. The number of rotatable bonds is 5. The maximum absolute atomic E-state index is 13.5. The molecule has 0 bridgehead atoms. The van der Waals surface area contributed by atoms with Crippen molar-refractivity contribution in [3.63, 3.8) is 0 Å². The van der Waals surface area contributed by atoms with Crippen LogP contribution in [0, 0.1) is 5.82 Å². The highest BCUT2D eigenvalue weighted by atomic mass is 19.1. The number of nitrogens with one attached hydrogen (secondary N) is 1. The molecule has 2 aliphatic heterocycles. The van der Waals surface area contributed by atoms with Gasteiger partial charge in [-0.15, -0.1) is 0 Å². The molecule has 0 amide bonds. The first-order valence-electron chi connectivity index (χ1n) is 10.7. The van der Waals surface area contributed by atoms with Crippen LogP contribution < -0.4 is 4.74 Å². The highest BCUT2D eigenvalue weighted by Gasteiger charge is 2.43. The Morgan fingerprint density at radius 3 is 2.70 bits per heavy atom. The summed E-state index contributed by atoms with van der Waals surface area (Å²) >= 11 is 0. The second-order valence-electron chi connectivity index (χ2n) is 7.99. The molecule has 4 aromatic rings. The monoisotopic (exact) mass is 445 g/mol. The molecule has 9 heteroatoms. The molecule has 1 aromatic carbocycles. The van der Waals surface area contributed by atoms with Crippen LogP contribution >= 0.6 is 0 Å². The average molecular weight is 445 g/mol. The lowest BCUT2D eigenvalue weighted by molar-refractivity contribution is 0.0289. The van der Waals surface area contributed by atoms with Gasteiger partial charge in [0.05, 0.1) is 18.4 Å². The zero-order valence-electron chi connectivity index (χ0n) is 17.5. The first-order valence-corrected chi connectivity index (χ1v) is 10.7. The third kappa shape index (κ3) is 3.96. The fraction of sp³-hybridized carbons (Fsp3) is 0.250. The van der Waals surface area contributed by atoms with Gasteiger partial charge in [-0.05, 0) is 36.8 Å². The molecule has 2 aliphatic rings. The van der Waals surface area contributed by atoms with E-state index in [0.29, 0.717) is 36.3 Å². The van der Waals surface area contributed by atoms with Gasteiger partial charge in [0, 0.05) is 41.8 Å². The van der Waals surface area contributed by atoms with Crippen LogP contribution in [-0.4, -0.2) is 56.7 Å². The molecule has 0 aliphatic carbocycles. The second-order valence-corrected chi connectivity index (χ2v) is 7.99. The number of benzene rings is 1. The molecule has 166 valence electrons. The van der Waals surface area contributed by atoms with Crippen molar-refractivity contribution >= 4 is 0 Å². The maximum atomic E-state index is 13.5. The Balaban J connectivity index is 1.15. The number of hydrogen-bond donors (Lipinski definition) is 1. The van der Waals surface area contributed by atoms with E-state index in [4.69, 9.17) is 14.2 Å². The molecule has 6 rings (SSSR count). The first kappa shape index (κ1) is 20.0. The minimum Gasteiger partial charge on any atom is -0.469 e. The van der Waals surface area contributed by atoms with E-state index in [1.165, 1.54) is 12.1 Å². The van der Waals surface area contributed by atoms with Crippen molar-refractivity contribution in [1.82, 2.24) is 25.1 Å². The van der Waals surface area contributed by atoms with Gasteiger partial charge < -0.3 is 14.2 Å². The summed E-state index contributed by atoms with van der Waals surface area (Å²) in [5, 5.41) is 7.08. The van der Waals surface area contributed by atoms with Gasteiger partial charge in [-0.1, -0.05) is 12.1 Å². The van der Waals surface area contributed by atoms with Gasteiger partial charge in [0.2, 0.25) is 5.88 Å². The summed E-state index contributed by atoms with van der Waals surface area (Å²) in [6.07, 6.45) is 4.33. The molecule has 5 heterocycles. The minimum absolute atomic E-state index is 0.0160. The zero-order chi connectivity index (χ0) is 22.2. The number of aromatic amines is 1. The van der Waals surface area contributed by atoms with E-state index in [-0.39, 0.29) is 24.1 Å². The van der Waals surface area contributed by atoms with Crippen LogP contribution in [-0.2, 0) is 9.47 Å². The fourth-order valence-electron chi connectivity index (χ4n) is 4.14. The lowest BCUT2D eigenvalue weighted by Crippen LogP contribution is -2.32. The summed E-state index contributed by atoms with van der Waals surface area (Å²) in [5.41, 5.74) is 3.01. The Morgan fingerprint density at radius 1 is 0.970 bits per heavy atom. The van der Waals surface area contributed by atoms with Crippen molar-refractivity contribution in [2.45, 2.75) is 24.7 Å². The van der Waals surface area contributed by atoms with Crippen LogP contribution in [0.2, 0.25) is 0 Å². The number of hydrogen-bond acceptors (Lipinski definition) is 7. The molecule has 33 heavy (non-hydrogen) atoms. The fourth-order valence-corrected chi connectivity index (χ4v) is 4.14. The van der Waals surface area contributed by atoms with E-state index in [9.17, 15) is 4.39 Å². The number of ether oxygens (including phenoxy) is 3. The Bertz CT molecular complexity index is 1260. The van der Waals surface area contributed by atoms with Gasteiger partial charge in [0.15, 0.2) is 17.8 Å². The minimum atomic E-state index is -0.325. The molecular formula is C24H20FN5O3. The predicted octanol–water partition coefficient (Wildman–Crippen LogP) is 3.67. The highest BCUT2D eigenvalue weighted by Crippen LogP contribution is 2.29. The Kier molecular flexibility index (Phi) is 5.04. The van der Waals surface area contributed by atoms with Gasteiger partial charge in [-0.2, -0.15) is 5.10 Å². The molecule has 1 N–H and O–H groups in total. The largest absolute Gasteiger partial charge is 0.469 e. The van der Waals surface area contributed by atoms with E-state index < -0.39 is 0 Å². The summed E-state index contributed by atoms with van der Waals surface area (Å²) < 4.78 is 30.9. The van der Waals surface area contributed by atoms with Crippen molar-refractivity contribution in [2.75, 3.05) is 13.2 Å². The number of fused-ring (bicyclic) bond motifs is 1. The SMILES string of the molecule is Fc1cccc(-c2nc(-c3ccc(-c4ccc(OC5COC6CCOC65)nc4)nc3)n[nH]2)c1. The second kappa shape index (κ2) is 8.34. The number of halogens is 1. The van der Waals surface area contributed by atoms with Crippen LogP contribution in [0.15, 0.2) is 60.9 Å². The molecule has 3 aromatic heterocycles. The molecule has 0 saturated carbocycles. The Morgan fingerprint density at radius 2 is 1.88 bits per heavy atom. The number of nitrogens with zero attached hydrogens (tertiary/aromatic N) is 4. The highest BCUT2D eigenvalue weighted by molar-refractivity contribution is 5.64. The number of aromatic nitrogens is 5. The zero-order valence-corrected chi connectivity index (χ0v) is 17.5. The van der Waals surface area contributed by atoms with E-state index in [2.05, 4.69) is 25.1 Å². The van der Waals surface area contributed by atoms with Crippen LogP contribution in [0.3, 0.4) is 0 Å². The lowest BCUT2D eigenvalue weighted by Gasteiger charge is -2.17. The molecule has 0 radical (unpaired) electrons. The summed E-state index contributed by atoms with van der Waals surface area (Å²) in [7, 11) is 0. The van der Waals surface area contributed by atoms with Crippen LogP contribution in [0.4, 0.5) is 4.39 Å². The van der Waals surface area contributed by atoms with Crippen molar-refractivity contribution in [3.05, 3.63) is 66.7 Å². The van der Waals surface area contributed by atoms with Crippen LogP contribution in [0.5, 0.6) is 5.88 Å². The predicted molar refractivity (Wildman–Crippen MR) is 117 cm³/mol. The van der Waals surface area contributed by atoms with Crippen LogP contribution in [0.25, 0.3) is 34.0 Å². The van der Waals surface area contributed by atoms with E-state index in [1.807, 2.05) is 24.3 Å². The normalized spacial score (nSPS) is 21.8. The standard InChI is InChI=1S/C24H20FN5O3/c25-17-3-1-2-14(10-17)23-28-24(30-29-23)16-4-6-18(26-12-16)15-5-7-21(27-11-15)33-20-13-32-19-8-9-31-22(19)20/h1-7,10-12,19-20,22H,8-9,13H2,(H,28,29,30). The van der Waals surface area contributed by atoms with Gasteiger partial charge in [-0.25, -0.2) is 14.4 Å². The molecule has 2 saturated heterocycles. The third-order valence-corrected chi connectivity index (χ3v) is 5.83. The molecular weight excluding hydrogens is 425 g/mol. The summed E-state index contributed by atoms with van der Waals surface area (Å²) in [6, 6.07) is 13.7. The summed E-state index contributed by atoms with van der Waals surface area (Å²) in [6.45, 7) is 1.23. The average Bonchev–Trinajstić information content (AvgIpc) is 3.59. The Labute approximate surface area is 188 Å². The molecule has 3 unspecified atom stereocenters. The Hall–Kier alpha value is -3.69. The number of pyridine rings is 2. The van der Waals surface area contributed by atoms with E-state index in [0.717, 1.165) is 23.2 Å². The van der Waals surface area contributed by atoms with Gasteiger partial charge in [0.1, 0.15) is 11.9 Å². The van der Waals surface area contributed by atoms with Gasteiger partial charge in [-0.3, -0.25) is 10.1 Å². The van der Waals surface area contributed by atoms with Crippen LogP contribution in [0.1, 0.15) is 6.42 Å². The van der Waals surface area contributed by atoms with E-state index in [1.54, 1.807) is 24.5 Å². The van der Waals surface area contributed by atoms with Gasteiger partial charge >= 0.3 is 0 Å². The summed E-state index contributed by atoms with van der Waals surface area (Å²) in [4.78, 5) is 13.4. The molecule has 3 atom stereocenters. The first-order chi connectivity index (χ1) is 16.2. The molecule has 0 spiro atoms. The quantitative estimate of drug-likeness (QED) is 0.501. The van der Waals surface area contributed by atoms with Crippen molar-refractivity contribution in [1.29, 1.82) is 0 Å². The third-order valence-electron chi connectivity index (χ3n) is 5.83. The van der Waals surface area contributed by atoms with Crippen molar-refractivity contribution in [2.24, 2.45) is 0 Å². The van der Waals surface area contributed by atoms with Crippen molar-refractivity contribution in [3.8, 4) is 39.9 Å². The van der Waals surface area contributed by atoms with Crippen molar-refractivity contribution < 1.29 is 18.6 Å². The maximum Gasteiger partial charge on any atom is 0.213 e. The topological polar surface area (TPSA) is 95.0 Å². The lowest BCUT2D eigenvalue weighted by atomic mass is 10.1. The smallest absolute Gasteiger partial charge is 0.213 e. The molecule has 8 nitrogen and oxygen atoms in total. The van der Waals surface area contributed by atoms with Gasteiger partial charge in [0.25, 0.3) is 0 Å².